The Morgan fingerprint density at radius 3 is 2.21 bits per heavy atom. The number of nitrogens with zero attached hydrogens (tertiary/aromatic N) is 1. The summed E-state index contributed by atoms with van der Waals surface area (Å²) in [4.78, 5) is 0. The van der Waals surface area contributed by atoms with Crippen molar-refractivity contribution >= 4 is 0 Å². The first kappa shape index (κ1) is 9.72. The molecule has 0 amide bonds. The Hall–Kier alpha value is -0.820. The average molecular weight is 188 g/mol. The minimum atomic E-state index is 0.634. The van der Waals surface area contributed by atoms with Crippen LogP contribution in [0.4, 0.5) is 0 Å². The van der Waals surface area contributed by atoms with Gasteiger partial charge in [0.2, 0.25) is 0 Å². The molecule has 1 aromatic rings. The van der Waals surface area contributed by atoms with Gasteiger partial charge in [0.1, 0.15) is 0 Å². The van der Waals surface area contributed by atoms with Gasteiger partial charge in [-0.15, -0.1) is 0 Å². The van der Waals surface area contributed by atoms with Crippen molar-refractivity contribution in [1.29, 1.82) is 0 Å². The Morgan fingerprint density at radius 2 is 1.64 bits per heavy atom. The van der Waals surface area contributed by atoms with Crippen molar-refractivity contribution in [1.82, 2.24) is 5.32 Å². The lowest BCUT2D eigenvalue weighted by molar-refractivity contribution is 0.354. The van der Waals surface area contributed by atoms with E-state index in [1.54, 1.807) is 0 Å². The van der Waals surface area contributed by atoms with Crippen LogP contribution in [0.25, 0.3) is 0 Å². The van der Waals surface area contributed by atoms with Gasteiger partial charge in [-0.25, -0.2) is 5.32 Å². The molecule has 0 aromatic heterocycles. The normalized spacial score (nSPS) is 27.5. The molecular weight excluding hydrogens is 170 g/mol. The predicted molar refractivity (Wildman–Crippen MR) is 59.5 cm³/mol. The van der Waals surface area contributed by atoms with E-state index in [1.807, 2.05) is 7.05 Å². The Bertz CT molecular complexity index is 260. The first-order valence-electron chi connectivity index (χ1n) is 5.54. The van der Waals surface area contributed by atoms with Crippen molar-refractivity contribution in [3.63, 3.8) is 0 Å². The second-order valence-electron chi connectivity index (χ2n) is 4.17. The zero-order valence-corrected chi connectivity index (χ0v) is 8.82. The van der Waals surface area contributed by atoms with Gasteiger partial charge in [0.15, 0.2) is 0 Å². The maximum Gasteiger partial charge on any atom is 0.0243 e. The molecule has 0 unspecified atom stereocenters. The maximum absolute atomic E-state index is 4.38. The molecule has 1 aromatic carbocycles. The molecule has 14 heavy (non-hydrogen) atoms. The van der Waals surface area contributed by atoms with E-state index in [1.165, 1.54) is 31.2 Å². The Labute approximate surface area is 86.5 Å². The van der Waals surface area contributed by atoms with Gasteiger partial charge in [-0.1, -0.05) is 30.3 Å². The fraction of sp³-hybridized carbons (Fsp3) is 0.538. The second kappa shape index (κ2) is 4.61. The van der Waals surface area contributed by atoms with Crippen LogP contribution in [0, 0.1) is 0 Å². The van der Waals surface area contributed by atoms with E-state index >= 15 is 0 Å². The minimum Gasteiger partial charge on any atom is -0.242 e. The third kappa shape index (κ3) is 2.16. The highest BCUT2D eigenvalue weighted by atomic mass is 14.9. The van der Waals surface area contributed by atoms with Crippen LogP contribution in [0.1, 0.15) is 37.2 Å². The van der Waals surface area contributed by atoms with Crippen molar-refractivity contribution in [2.24, 2.45) is 0 Å². The molecule has 1 aliphatic carbocycles. The standard InChI is InChI=1S/C13H18N/c1-14-13-9-7-12(8-10-13)11-5-3-2-4-6-11/h2-6,12-13H,7-10H2,1H3. The van der Waals surface area contributed by atoms with Gasteiger partial charge in [-0.05, 0) is 37.2 Å². The molecule has 0 spiro atoms. The van der Waals surface area contributed by atoms with E-state index in [2.05, 4.69) is 35.6 Å². The molecule has 2 rings (SSSR count). The van der Waals surface area contributed by atoms with Gasteiger partial charge >= 0.3 is 0 Å². The highest BCUT2D eigenvalue weighted by Gasteiger charge is 2.21. The van der Waals surface area contributed by atoms with Gasteiger partial charge in [-0.2, -0.15) is 0 Å². The third-order valence-electron chi connectivity index (χ3n) is 3.33. The molecule has 1 nitrogen and oxygen atoms in total. The molecule has 0 heterocycles. The van der Waals surface area contributed by atoms with Crippen LogP contribution in [0.5, 0.6) is 0 Å². The lowest BCUT2D eigenvalue weighted by Crippen LogP contribution is -2.24. The van der Waals surface area contributed by atoms with E-state index in [0.717, 1.165) is 5.92 Å². The monoisotopic (exact) mass is 188 g/mol. The van der Waals surface area contributed by atoms with Crippen molar-refractivity contribution in [2.45, 2.75) is 37.6 Å². The van der Waals surface area contributed by atoms with Gasteiger partial charge < -0.3 is 0 Å². The first-order chi connectivity index (χ1) is 6.90. The summed E-state index contributed by atoms with van der Waals surface area (Å²) in [5.74, 6) is 0.786. The molecule has 0 atom stereocenters. The van der Waals surface area contributed by atoms with Crippen LogP contribution >= 0.6 is 0 Å². The Morgan fingerprint density at radius 1 is 1.00 bits per heavy atom. The summed E-state index contributed by atoms with van der Waals surface area (Å²) in [6.45, 7) is 0. The van der Waals surface area contributed by atoms with E-state index in [-0.39, 0.29) is 0 Å². The Kier molecular flexibility index (Phi) is 3.20. The van der Waals surface area contributed by atoms with Crippen LogP contribution < -0.4 is 5.32 Å². The first-order valence-corrected chi connectivity index (χ1v) is 5.54. The summed E-state index contributed by atoms with van der Waals surface area (Å²) >= 11 is 0. The number of rotatable bonds is 2. The van der Waals surface area contributed by atoms with E-state index in [9.17, 15) is 0 Å². The van der Waals surface area contributed by atoms with E-state index < -0.39 is 0 Å². The summed E-state index contributed by atoms with van der Waals surface area (Å²) in [5, 5.41) is 4.38. The molecule has 1 radical (unpaired) electrons. The summed E-state index contributed by atoms with van der Waals surface area (Å²) in [7, 11) is 1.95. The molecule has 0 aliphatic heterocycles. The fourth-order valence-electron chi connectivity index (χ4n) is 2.39. The second-order valence-corrected chi connectivity index (χ2v) is 4.17. The SMILES string of the molecule is C[N]C1CCC(c2ccccc2)CC1. The number of hydrogen-bond acceptors (Lipinski definition) is 0. The van der Waals surface area contributed by atoms with E-state index in [4.69, 9.17) is 0 Å². The highest BCUT2D eigenvalue weighted by molar-refractivity contribution is 5.19. The van der Waals surface area contributed by atoms with Crippen molar-refractivity contribution in [2.75, 3.05) is 7.05 Å². The lowest BCUT2D eigenvalue weighted by atomic mass is 9.82. The molecule has 0 saturated heterocycles. The van der Waals surface area contributed by atoms with Gasteiger partial charge in [0.05, 0.1) is 0 Å². The van der Waals surface area contributed by atoms with E-state index in [0.29, 0.717) is 6.04 Å². The average Bonchev–Trinajstić information content (AvgIpc) is 2.30. The van der Waals surface area contributed by atoms with Crippen molar-refractivity contribution in [3.05, 3.63) is 35.9 Å². The van der Waals surface area contributed by atoms with Gasteiger partial charge in [0, 0.05) is 13.1 Å². The minimum absolute atomic E-state index is 0.634. The van der Waals surface area contributed by atoms with Crippen LogP contribution in [-0.4, -0.2) is 13.1 Å². The van der Waals surface area contributed by atoms with Crippen LogP contribution in [0.3, 0.4) is 0 Å². The van der Waals surface area contributed by atoms with Gasteiger partial charge in [-0.3, -0.25) is 0 Å². The van der Waals surface area contributed by atoms with Crippen LogP contribution in [0.2, 0.25) is 0 Å². The lowest BCUT2D eigenvalue weighted by Gasteiger charge is -2.27. The zero-order valence-electron chi connectivity index (χ0n) is 8.82. The Balaban J connectivity index is 1.96. The molecule has 75 valence electrons. The van der Waals surface area contributed by atoms with Crippen molar-refractivity contribution < 1.29 is 0 Å². The van der Waals surface area contributed by atoms with Crippen molar-refractivity contribution in [3.8, 4) is 0 Å². The largest absolute Gasteiger partial charge is 0.242 e. The maximum atomic E-state index is 4.38. The molecular formula is C13H18N. The zero-order chi connectivity index (χ0) is 9.80. The number of hydrogen-bond donors (Lipinski definition) is 0. The molecule has 0 bridgehead atoms. The highest BCUT2D eigenvalue weighted by Crippen LogP contribution is 2.32. The summed E-state index contributed by atoms with van der Waals surface area (Å²) in [5.41, 5.74) is 1.52. The van der Waals surface area contributed by atoms with Gasteiger partial charge in [0.25, 0.3) is 0 Å². The predicted octanol–water partition coefficient (Wildman–Crippen LogP) is 2.95. The third-order valence-corrected chi connectivity index (χ3v) is 3.33. The summed E-state index contributed by atoms with van der Waals surface area (Å²) in [6, 6.07) is 11.5. The summed E-state index contributed by atoms with van der Waals surface area (Å²) in [6.07, 6.45) is 5.17. The quantitative estimate of drug-likeness (QED) is 0.677. The summed E-state index contributed by atoms with van der Waals surface area (Å²) < 4.78 is 0. The molecule has 0 N–H and O–H groups in total. The smallest absolute Gasteiger partial charge is 0.0243 e. The molecule has 1 aliphatic rings. The topological polar surface area (TPSA) is 14.1 Å². The molecule has 1 fully saturated rings. The van der Waals surface area contributed by atoms with Crippen LogP contribution in [-0.2, 0) is 0 Å². The number of benzene rings is 1. The molecule has 1 saturated carbocycles. The fourth-order valence-corrected chi connectivity index (χ4v) is 2.39. The van der Waals surface area contributed by atoms with Crippen LogP contribution in [0.15, 0.2) is 30.3 Å². The molecule has 1 heteroatoms.